The van der Waals surface area contributed by atoms with Crippen LogP contribution in [-0.4, -0.2) is 23.0 Å². The molecule has 1 rings (SSSR count). The summed E-state index contributed by atoms with van der Waals surface area (Å²) in [4.78, 5) is 23.2. The van der Waals surface area contributed by atoms with Crippen LogP contribution in [0.15, 0.2) is 12.7 Å². The number of rotatable bonds is 8. The van der Waals surface area contributed by atoms with Crippen LogP contribution in [0.2, 0.25) is 0 Å². The van der Waals surface area contributed by atoms with Crippen molar-refractivity contribution in [2.75, 3.05) is 0 Å². The van der Waals surface area contributed by atoms with Crippen molar-refractivity contribution in [1.82, 2.24) is 5.32 Å². The van der Waals surface area contributed by atoms with Crippen LogP contribution in [0, 0.1) is 11.8 Å². The van der Waals surface area contributed by atoms with Gasteiger partial charge in [-0.25, -0.2) is 4.79 Å². The number of allylic oxidation sites excluding steroid dienone is 1. The minimum Gasteiger partial charge on any atom is -0.480 e. The molecule has 0 bridgehead atoms. The molecular weight excluding hydrogens is 254 g/mol. The highest BCUT2D eigenvalue weighted by Crippen LogP contribution is 2.29. The monoisotopic (exact) mass is 281 g/mol. The van der Waals surface area contributed by atoms with Crippen molar-refractivity contribution in [3.05, 3.63) is 12.7 Å². The van der Waals surface area contributed by atoms with Crippen molar-refractivity contribution in [3.8, 4) is 0 Å². The quantitative estimate of drug-likeness (QED) is 0.672. The standard InChI is InChI=1S/C16H27NO3/c1-3-4-10-14(16(19)20)17-15(18)12(2)11-13-8-6-5-7-9-13/h3,12-14H,1,4-11H2,2H3,(H,17,18)(H,19,20). The molecular formula is C16H27NO3. The highest BCUT2D eigenvalue weighted by molar-refractivity contribution is 5.84. The first kappa shape index (κ1) is 16.7. The number of hydrogen-bond donors (Lipinski definition) is 2. The maximum atomic E-state index is 12.1. The topological polar surface area (TPSA) is 66.4 Å². The second-order valence-corrected chi connectivity index (χ2v) is 5.91. The SMILES string of the molecule is C=CCCC(NC(=O)C(C)CC1CCCCC1)C(=O)O. The van der Waals surface area contributed by atoms with E-state index in [9.17, 15) is 9.59 Å². The fourth-order valence-electron chi connectivity index (χ4n) is 2.89. The average Bonchev–Trinajstić information content (AvgIpc) is 2.43. The minimum absolute atomic E-state index is 0.108. The van der Waals surface area contributed by atoms with Crippen LogP contribution < -0.4 is 5.32 Å². The van der Waals surface area contributed by atoms with Crippen molar-refractivity contribution in [2.45, 2.75) is 64.3 Å². The van der Waals surface area contributed by atoms with Gasteiger partial charge in [0.1, 0.15) is 6.04 Å². The number of nitrogens with one attached hydrogen (secondary N) is 1. The molecule has 2 atom stereocenters. The number of carbonyl (C=O) groups excluding carboxylic acids is 1. The molecule has 0 aromatic heterocycles. The second kappa shape index (κ2) is 8.77. The molecule has 2 unspecified atom stereocenters. The molecule has 4 nitrogen and oxygen atoms in total. The van der Waals surface area contributed by atoms with Crippen LogP contribution >= 0.6 is 0 Å². The summed E-state index contributed by atoms with van der Waals surface area (Å²) >= 11 is 0. The molecule has 1 aliphatic rings. The maximum absolute atomic E-state index is 12.1. The lowest BCUT2D eigenvalue weighted by molar-refractivity contribution is -0.142. The van der Waals surface area contributed by atoms with Crippen LogP contribution in [0.4, 0.5) is 0 Å². The van der Waals surface area contributed by atoms with Gasteiger partial charge in [-0.2, -0.15) is 0 Å². The predicted octanol–water partition coefficient (Wildman–Crippen LogP) is 3.13. The molecule has 1 saturated carbocycles. The van der Waals surface area contributed by atoms with Gasteiger partial charge in [0.2, 0.25) is 5.91 Å². The third-order valence-electron chi connectivity index (χ3n) is 4.13. The molecule has 0 saturated heterocycles. The number of carboxylic acids is 1. The van der Waals surface area contributed by atoms with E-state index in [4.69, 9.17) is 5.11 Å². The Bertz CT molecular complexity index is 335. The highest BCUT2D eigenvalue weighted by atomic mass is 16.4. The molecule has 0 heterocycles. The molecule has 0 aliphatic heterocycles. The van der Waals surface area contributed by atoms with Crippen LogP contribution in [0.25, 0.3) is 0 Å². The Hall–Kier alpha value is -1.32. The van der Waals surface area contributed by atoms with E-state index in [1.54, 1.807) is 6.08 Å². The van der Waals surface area contributed by atoms with Crippen molar-refractivity contribution < 1.29 is 14.7 Å². The maximum Gasteiger partial charge on any atom is 0.326 e. The molecule has 0 radical (unpaired) electrons. The molecule has 0 spiro atoms. The summed E-state index contributed by atoms with van der Waals surface area (Å²) in [5, 5.41) is 11.8. The number of carboxylic acid groups (broad SMARTS) is 1. The highest BCUT2D eigenvalue weighted by Gasteiger charge is 2.25. The van der Waals surface area contributed by atoms with Gasteiger partial charge in [0.15, 0.2) is 0 Å². The van der Waals surface area contributed by atoms with Crippen molar-refractivity contribution in [3.63, 3.8) is 0 Å². The first-order chi connectivity index (χ1) is 9.54. The molecule has 1 aliphatic carbocycles. The van der Waals surface area contributed by atoms with Gasteiger partial charge in [-0.15, -0.1) is 6.58 Å². The zero-order valence-corrected chi connectivity index (χ0v) is 12.4. The van der Waals surface area contributed by atoms with Crippen molar-refractivity contribution in [2.24, 2.45) is 11.8 Å². The predicted molar refractivity (Wildman–Crippen MR) is 79.4 cm³/mol. The van der Waals surface area contributed by atoms with E-state index in [1.807, 2.05) is 6.92 Å². The summed E-state index contributed by atoms with van der Waals surface area (Å²) < 4.78 is 0. The lowest BCUT2D eigenvalue weighted by Crippen LogP contribution is -2.43. The summed E-state index contributed by atoms with van der Waals surface area (Å²) in [6.45, 7) is 5.48. The molecule has 20 heavy (non-hydrogen) atoms. The first-order valence-corrected chi connectivity index (χ1v) is 7.68. The van der Waals surface area contributed by atoms with Crippen LogP contribution in [0.3, 0.4) is 0 Å². The van der Waals surface area contributed by atoms with Gasteiger partial charge >= 0.3 is 5.97 Å². The van der Waals surface area contributed by atoms with Crippen molar-refractivity contribution >= 4 is 11.9 Å². The van der Waals surface area contributed by atoms with Crippen LogP contribution in [0.5, 0.6) is 0 Å². The van der Waals surface area contributed by atoms with Gasteiger partial charge in [-0.3, -0.25) is 4.79 Å². The minimum atomic E-state index is -0.968. The number of hydrogen-bond acceptors (Lipinski definition) is 2. The molecule has 2 N–H and O–H groups in total. The molecule has 0 aromatic carbocycles. The molecule has 1 fully saturated rings. The van der Waals surface area contributed by atoms with Gasteiger partial charge in [-0.1, -0.05) is 45.1 Å². The summed E-state index contributed by atoms with van der Waals surface area (Å²) in [6, 6.07) is -0.797. The number of carbonyl (C=O) groups is 2. The summed E-state index contributed by atoms with van der Waals surface area (Å²) in [5.41, 5.74) is 0. The van der Waals surface area contributed by atoms with E-state index in [2.05, 4.69) is 11.9 Å². The third-order valence-corrected chi connectivity index (χ3v) is 4.13. The van der Waals surface area contributed by atoms with Crippen LogP contribution in [0.1, 0.15) is 58.3 Å². The smallest absolute Gasteiger partial charge is 0.326 e. The summed E-state index contributed by atoms with van der Waals surface area (Å²) in [6.07, 6.45) is 9.78. The third kappa shape index (κ3) is 5.76. The zero-order valence-electron chi connectivity index (χ0n) is 12.4. The summed E-state index contributed by atoms with van der Waals surface area (Å²) in [7, 11) is 0. The Balaban J connectivity index is 2.41. The Morgan fingerprint density at radius 3 is 2.55 bits per heavy atom. The molecule has 114 valence electrons. The van der Waals surface area contributed by atoms with Gasteiger partial charge in [0.05, 0.1) is 0 Å². The number of amides is 1. The fourth-order valence-corrected chi connectivity index (χ4v) is 2.89. The van der Waals surface area contributed by atoms with Gasteiger partial charge in [0.25, 0.3) is 0 Å². The van der Waals surface area contributed by atoms with Gasteiger partial charge < -0.3 is 10.4 Å². The average molecular weight is 281 g/mol. The molecule has 4 heteroatoms. The number of aliphatic carboxylic acids is 1. The van der Waals surface area contributed by atoms with Gasteiger partial charge in [-0.05, 0) is 25.2 Å². The Labute approximate surface area is 121 Å². The van der Waals surface area contributed by atoms with E-state index in [0.29, 0.717) is 18.8 Å². The fraction of sp³-hybridized carbons (Fsp3) is 0.750. The first-order valence-electron chi connectivity index (χ1n) is 7.68. The Kier molecular flexibility index (Phi) is 7.34. The lowest BCUT2D eigenvalue weighted by atomic mass is 9.83. The largest absolute Gasteiger partial charge is 0.480 e. The normalized spacial score (nSPS) is 19.1. The van der Waals surface area contributed by atoms with Crippen molar-refractivity contribution in [1.29, 1.82) is 0 Å². The second-order valence-electron chi connectivity index (χ2n) is 5.91. The van der Waals surface area contributed by atoms with E-state index >= 15 is 0 Å². The van der Waals surface area contributed by atoms with E-state index < -0.39 is 12.0 Å². The Morgan fingerprint density at radius 2 is 2.00 bits per heavy atom. The Morgan fingerprint density at radius 1 is 1.35 bits per heavy atom. The van der Waals surface area contributed by atoms with Gasteiger partial charge in [0, 0.05) is 5.92 Å². The van der Waals surface area contributed by atoms with Crippen LogP contribution in [-0.2, 0) is 9.59 Å². The lowest BCUT2D eigenvalue weighted by Gasteiger charge is -2.25. The molecule has 0 aromatic rings. The summed E-state index contributed by atoms with van der Waals surface area (Å²) in [5.74, 6) is -0.582. The van der Waals surface area contributed by atoms with E-state index in [-0.39, 0.29) is 11.8 Å². The zero-order chi connectivity index (χ0) is 15.0. The van der Waals surface area contributed by atoms with E-state index in [1.165, 1.54) is 32.1 Å². The molecule has 1 amide bonds. The van der Waals surface area contributed by atoms with E-state index in [0.717, 1.165) is 6.42 Å².